The van der Waals surface area contributed by atoms with E-state index in [1.165, 1.54) is 24.2 Å². The summed E-state index contributed by atoms with van der Waals surface area (Å²) in [6, 6.07) is 3.67. The Morgan fingerprint density at radius 1 is 1.33 bits per heavy atom. The number of aliphatic carboxylic acids is 1. The van der Waals surface area contributed by atoms with Gasteiger partial charge in [-0.2, -0.15) is 0 Å². The van der Waals surface area contributed by atoms with Gasteiger partial charge >= 0.3 is 12.0 Å². The van der Waals surface area contributed by atoms with Gasteiger partial charge < -0.3 is 20.2 Å². The fraction of sp³-hybridized carbons (Fsp3) is 0.588. The predicted octanol–water partition coefficient (Wildman–Crippen LogP) is 1.93. The minimum Gasteiger partial charge on any atom is -0.481 e. The molecule has 0 radical (unpaired) electrons. The maximum atomic E-state index is 12.0. The van der Waals surface area contributed by atoms with E-state index in [9.17, 15) is 9.59 Å². The third-order valence-electron chi connectivity index (χ3n) is 4.25. The summed E-state index contributed by atoms with van der Waals surface area (Å²) >= 11 is 0. The monoisotopic (exact) mass is 334 g/mol. The molecule has 2 heterocycles. The zero-order valence-corrected chi connectivity index (χ0v) is 14.4. The largest absolute Gasteiger partial charge is 0.481 e. The number of hydrogen-bond acceptors (Lipinski definition) is 4. The van der Waals surface area contributed by atoms with Gasteiger partial charge in [0.1, 0.15) is 5.82 Å². The smallest absolute Gasteiger partial charge is 0.317 e. The van der Waals surface area contributed by atoms with Crippen molar-refractivity contribution in [1.29, 1.82) is 0 Å². The minimum absolute atomic E-state index is 0.174. The first-order valence-electron chi connectivity index (χ1n) is 8.39. The molecule has 0 saturated carbocycles. The highest BCUT2D eigenvalue weighted by Crippen LogP contribution is 2.17. The van der Waals surface area contributed by atoms with Crippen LogP contribution < -0.4 is 10.2 Å². The Morgan fingerprint density at radius 2 is 2.04 bits per heavy atom. The number of carbonyl (C=O) groups excluding carboxylic acids is 1. The van der Waals surface area contributed by atoms with Crippen molar-refractivity contribution in [3.8, 4) is 0 Å². The Labute approximate surface area is 142 Å². The van der Waals surface area contributed by atoms with Crippen LogP contribution in [0.2, 0.25) is 0 Å². The van der Waals surface area contributed by atoms with Crippen LogP contribution in [-0.2, 0) is 11.3 Å². The first-order chi connectivity index (χ1) is 11.5. The summed E-state index contributed by atoms with van der Waals surface area (Å²) in [7, 11) is 1.59. The topological polar surface area (TPSA) is 85.8 Å². The second-order valence-electron chi connectivity index (χ2n) is 6.35. The molecule has 0 spiro atoms. The van der Waals surface area contributed by atoms with Gasteiger partial charge in [-0.15, -0.1) is 0 Å². The molecule has 2 N–H and O–H groups in total. The van der Waals surface area contributed by atoms with E-state index in [4.69, 9.17) is 5.11 Å². The molecule has 0 aromatic carbocycles. The van der Waals surface area contributed by atoms with Crippen molar-refractivity contribution in [3.05, 3.63) is 23.9 Å². The molecule has 1 aromatic heterocycles. The third kappa shape index (κ3) is 5.11. The number of anilines is 1. The molecular weight excluding hydrogens is 308 g/mol. The molecule has 0 bridgehead atoms. The second kappa shape index (κ2) is 8.52. The van der Waals surface area contributed by atoms with Crippen LogP contribution in [0.5, 0.6) is 0 Å². The van der Waals surface area contributed by atoms with Gasteiger partial charge in [0.25, 0.3) is 0 Å². The molecule has 1 aliphatic rings. The second-order valence-corrected chi connectivity index (χ2v) is 6.35. The Hall–Kier alpha value is -2.31. The van der Waals surface area contributed by atoms with E-state index in [1.54, 1.807) is 20.2 Å². The van der Waals surface area contributed by atoms with E-state index < -0.39 is 11.9 Å². The highest BCUT2D eigenvalue weighted by Gasteiger charge is 2.17. The van der Waals surface area contributed by atoms with Crippen LogP contribution in [0.25, 0.3) is 0 Å². The quantitative estimate of drug-likeness (QED) is 0.830. The molecule has 1 unspecified atom stereocenters. The number of aromatic nitrogens is 1. The average molecular weight is 334 g/mol. The lowest BCUT2D eigenvalue weighted by molar-refractivity contribution is -0.141. The fourth-order valence-corrected chi connectivity index (χ4v) is 2.72. The van der Waals surface area contributed by atoms with Gasteiger partial charge in [0, 0.05) is 39.4 Å². The van der Waals surface area contributed by atoms with Gasteiger partial charge in [0.05, 0.1) is 5.92 Å². The van der Waals surface area contributed by atoms with E-state index in [0.717, 1.165) is 24.5 Å². The van der Waals surface area contributed by atoms with E-state index in [0.29, 0.717) is 6.54 Å². The first-order valence-corrected chi connectivity index (χ1v) is 8.39. The van der Waals surface area contributed by atoms with Gasteiger partial charge in [-0.3, -0.25) is 4.79 Å². The van der Waals surface area contributed by atoms with Gasteiger partial charge in [0.15, 0.2) is 0 Å². The number of rotatable bonds is 6. The van der Waals surface area contributed by atoms with E-state index in [2.05, 4.69) is 15.2 Å². The van der Waals surface area contributed by atoms with Crippen molar-refractivity contribution in [3.63, 3.8) is 0 Å². The highest BCUT2D eigenvalue weighted by atomic mass is 16.4. The molecule has 2 rings (SSSR count). The van der Waals surface area contributed by atoms with E-state index in [-0.39, 0.29) is 12.6 Å². The summed E-state index contributed by atoms with van der Waals surface area (Å²) in [5, 5.41) is 11.7. The van der Waals surface area contributed by atoms with Crippen molar-refractivity contribution >= 4 is 17.8 Å². The highest BCUT2D eigenvalue weighted by molar-refractivity contribution is 5.75. The molecule has 1 fully saturated rings. The van der Waals surface area contributed by atoms with Gasteiger partial charge in [-0.25, -0.2) is 9.78 Å². The molecule has 7 heteroatoms. The minimum atomic E-state index is -0.910. The Morgan fingerprint density at radius 3 is 2.62 bits per heavy atom. The van der Waals surface area contributed by atoms with Crippen LogP contribution in [0, 0.1) is 5.92 Å². The summed E-state index contributed by atoms with van der Waals surface area (Å²) in [6.45, 7) is 4.23. The van der Waals surface area contributed by atoms with Crippen LogP contribution in [0.4, 0.5) is 10.6 Å². The zero-order valence-electron chi connectivity index (χ0n) is 14.4. The number of amides is 2. The molecule has 1 aliphatic heterocycles. The van der Waals surface area contributed by atoms with Crippen LogP contribution in [-0.4, -0.2) is 53.7 Å². The standard InChI is InChI=1S/C17H26N4O3/c1-13(16(22)23)12-20(2)17(24)19-11-14-6-7-15(18-10-14)21-8-4-3-5-9-21/h6-7,10,13H,3-5,8-9,11-12H2,1-2H3,(H,19,24)(H,22,23). The van der Waals surface area contributed by atoms with Gasteiger partial charge in [0.2, 0.25) is 0 Å². The van der Waals surface area contributed by atoms with Crippen molar-refractivity contribution in [1.82, 2.24) is 15.2 Å². The van der Waals surface area contributed by atoms with E-state index in [1.807, 2.05) is 12.1 Å². The number of carboxylic acids is 1. The lowest BCUT2D eigenvalue weighted by Gasteiger charge is -2.27. The Bertz CT molecular complexity index is 555. The lowest BCUT2D eigenvalue weighted by Crippen LogP contribution is -2.40. The molecule has 7 nitrogen and oxygen atoms in total. The number of nitrogens with one attached hydrogen (secondary N) is 1. The molecule has 132 valence electrons. The zero-order chi connectivity index (χ0) is 17.5. The van der Waals surface area contributed by atoms with Crippen molar-refractivity contribution in [2.75, 3.05) is 31.6 Å². The molecule has 24 heavy (non-hydrogen) atoms. The normalized spacial score (nSPS) is 15.7. The summed E-state index contributed by atoms with van der Waals surface area (Å²) in [5.74, 6) is -0.518. The number of pyridine rings is 1. The van der Waals surface area contributed by atoms with Crippen molar-refractivity contribution in [2.45, 2.75) is 32.7 Å². The molecule has 1 atom stereocenters. The van der Waals surface area contributed by atoms with Crippen LogP contribution in [0.15, 0.2) is 18.3 Å². The summed E-state index contributed by atoms with van der Waals surface area (Å²) < 4.78 is 0. The molecular formula is C17H26N4O3. The van der Waals surface area contributed by atoms with Gasteiger partial charge in [-0.1, -0.05) is 13.0 Å². The van der Waals surface area contributed by atoms with E-state index >= 15 is 0 Å². The summed E-state index contributed by atoms with van der Waals surface area (Å²) in [5.41, 5.74) is 0.920. The summed E-state index contributed by atoms with van der Waals surface area (Å²) in [6.07, 6.45) is 5.49. The summed E-state index contributed by atoms with van der Waals surface area (Å²) in [4.78, 5) is 31.0. The maximum absolute atomic E-state index is 12.0. The van der Waals surface area contributed by atoms with Crippen molar-refractivity contribution in [2.24, 2.45) is 5.92 Å². The van der Waals surface area contributed by atoms with Crippen molar-refractivity contribution < 1.29 is 14.7 Å². The third-order valence-corrected chi connectivity index (χ3v) is 4.25. The Kier molecular flexibility index (Phi) is 6.40. The molecule has 2 amide bonds. The maximum Gasteiger partial charge on any atom is 0.317 e. The average Bonchev–Trinajstić information content (AvgIpc) is 2.60. The number of nitrogens with zero attached hydrogens (tertiary/aromatic N) is 3. The SMILES string of the molecule is CC(CN(C)C(=O)NCc1ccc(N2CCCCC2)nc1)C(=O)O. The number of urea groups is 1. The predicted molar refractivity (Wildman–Crippen MR) is 92.0 cm³/mol. The number of piperidine rings is 1. The fourth-order valence-electron chi connectivity index (χ4n) is 2.72. The first kappa shape index (κ1) is 18.0. The number of hydrogen-bond donors (Lipinski definition) is 2. The molecule has 0 aliphatic carbocycles. The van der Waals surface area contributed by atoms with Crippen LogP contribution >= 0.6 is 0 Å². The number of carbonyl (C=O) groups is 2. The van der Waals surface area contributed by atoms with Crippen LogP contribution in [0.1, 0.15) is 31.7 Å². The lowest BCUT2D eigenvalue weighted by atomic mass is 10.1. The Balaban J connectivity index is 1.81. The molecule has 1 saturated heterocycles. The number of carboxylic acid groups (broad SMARTS) is 1. The van der Waals surface area contributed by atoms with Gasteiger partial charge in [-0.05, 0) is 30.9 Å². The molecule has 1 aromatic rings. The van der Waals surface area contributed by atoms with Crippen LogP contribution in [0.3, 0.4) is 0 Å².